The molecule has 1 aliphatic rings. The largest absolute Gasteiger partial charge is 0.457 e. The number of hydrogen-bond acceptors (Lipinski definition) is 4. The van der Waals surface area contributed by atoms with Gasteiger partial charge in [-0.2, -0.15) is 0 Å². The summed E-state index contributed by atoms with van der Waals surface area (Å²) >= 11 is 0. The predicted molar refractivity (Wildman–Crippen MR) is 104 cm³/mol. The van der Waals surface area contributed by atoms with Crippen LogP contribution in [0.3, 0.4) is 0 Å². The minimum atomic E-state index is -0.503. The van der Waals surface area contributed by atoms with Crippen LogP contribution < -0.4 is 15.8 Å². The second-order valence-electron chi connectivity index (χ2n) is 6.69. The first-order valence-corrected chi connectivity index (χ1v) is 9.14. The molecule has 0 saturated carbocycles. The molecule has 1 aromatic heterocycles. The van der Waals surface area contributed by atoms with E-state index in [2.05, 4.69) is 10.3 Å². The van der Waals surface area contributed by atoms with Gasteiger partial charge >= 0.3 is 0 Å². The fourth-order valence-electron chi connectivity index (χ4n) is 3.36. The Morgan fingerprint density at radius 3 is 2.48 bits per heavy atom. The summed E-state index contributed by atoms with van der Waals surface area (Å²) in [5.74, 6) is 2.08. The summed E-state index contributed by atoms with van der Waals surface area (Å²) in [6.07, 6.45) is 2.14. The molecule has 1 atom stereocenters. The Kier molecular flexibility index (Phi) is 4.89. The number of hydrogen-bond donors (Lipinski definition) is 3. The maximum absolute atomic E-state index is 11.9. The predicted octanol–water partition coefficient (Wildman–Crippen LogP) is 3.43. The molecule has 2 heterocycles. The SMILES string of the molecule is NC(=O)c1[nH]c(C2CCCNC2)nc1-c1ccc(Oc2ccccc2)cc1. The summed E-state index contributed by atoms with van der Waals surface area (Å²) < 4.78 is 5.82. The van der Waals surface area contributed by atoms with Crippen molar-refractivity contribution in [2.75, 3.05) is 13.1 Å². The number of primary amides is 1. The highest BCUT2D eigenvalue weighted by Crippen LogP contribution is 2.29. The lowest BCUT2D eigenvalue weighted by molar-refractivity contribution is 0.0996. The number of nitrogens with two attached hydrogens (primary N) is 1. The van der Waals surface area contributed by atoms with Crippen molar-refractivity contribution < 1.29 is 9.53 Å². The Bertz CT molecular complexity index is 913. The fraction of sp³-hybridized carbons (Fsp3) is 0.238. The molecular formula is C21H22N4O2. The molecule has 0 radical (unpaired) electrons. The monoisotopic (exact) mass is 362 g/mol. The molecule has 0 bridgehead atoms. The topological polar surface area (TPSA) is 93.0 Å². The molecule has 0 spiro atoms. The summed E-state index contributed by atoms with van der Waals surface area (Å²) in [7, 11) is 0. The zero-order chi connectivity index (χ0) is 18.6. The number of carbonyl (C=O) groups excluding carboxylic acids is 1. The quantitative estimate of drug-likeness (QED) is 0.648. The summed E-state index contributed by atoms with van der Waals surface area (Å²) in [5.41, 5.74) is 7.35. The normalized spacial score (nSPS) is 16.8. The Morgan fingerprint density at radius 1 is 1.07 bits per heavy atom. The molecular weight excluding hydrogens is 340 g/mol. The molecule has 1 saturated heterocycles. The highest BCUT2D eigenvalue weighted by atomic mass is 16.5. The third-order valence-corrected chi connectivity index (χ3v) is 4.76. The number of amides is 1. The van der Waals surface area contributed by atoms with Crippen molar-refractivity contribution in [3.05, 3.63) is 66.1 Å². The van der Waals surface area contributed by atoms with Crippen LogP contribution >= 0.6 is 0 Å². The number of carbonyl (C=O) groups is 1. The van der Waals surface area contributed by atoms with E-state index in [1.807, 2.05) is 54.6 Å². The molecule has 6 nitrogen and oxygen atoms in total. The van der Waals surface area contributed by atoms with Gasteiger partial charge in [-0.1, -0.05) is 18.2 Å². The van der Waals surface area contributed by atoms with Crippen LogP contribution in [-0.4, -0.2) is 29.0 Å². The van der Waals surface area contributed by atoms with Crippen LogP contribution in [0.15, 0.2) is 54.6 Å². The van der Waals surface area contributed by atoms with Crippen molar-refractivity contribution in [3.63, 3.8) is 0 Å². The molecule has 4 N–H and O–H groups in total. The molecule has 0 aliphatic carbocycles. The Labute approximate surface area is 157 Å². The number of nitrogens with zero attached hydrogens (tertiary/aromatic N) is 1. The van der Waals surface area contributed by atoms with Gasteiger partial charge in [-0.15, -0.1) is 0 Å². The summed E-state index contributed by atoms with van der Waals surface area (Å²) in [6.45, 7) is 1.88. The molecule has 6 heteroatoms. The molecule has 2 aromatic carbocycles. The molecule has 138 valence electrons. The molecule has 3 aromatic rings. The van der Waals surface area contributed by atoms with Gasteiger partial charge in [-0.05, 0) is 55.8 Å². The van der Waals surface area contributed by atoms with Gasteiger partial charge in [0.15, 0.2) is 0 Å². The summed E-state index contributed by atoms with van der Waals surface area (Å²) in [4.78, 5) is 19.8. The van der Waals surface area contributed by atoms with Crippen molar-refractivity contribution in [2.24, 2.45) is 5.73 Å². The molecule has 1 unspecified atom stereocenters. The van der Waals surface area contributed by atoms with Crippen molar-refractivity contribution in [2.45, 2.75) is 18.8 Å². The lowest BCUT2D eigenvalue weighted by atomic mass is 9.99. The van der Waals surface area contributed by atoms with Gasteiger partial charge in [0.1, 0.15) is 28.7 Å². The van der Waals surface area contributed by atoms with E-state index in [0.29, 0.717) is 11.4 Å². The van der Waals surface area contributed by atoms with E-state index in [4.69, 9.17) is 15.5 Å². The van der Waals surface area contributed by atoms with Crippen LogP contribution in [-0.2, 0) is 0 Å². The summed E-state index contributed by atoms with van der Waals surface area (Å²) in [5, 5.41) is 3.37. The molecule has 27 heavy (non-hydrogen) atoms. The van der Waals surface area contributed by atoms with Gasteiger partial charge < -0.3 is 20.8 Å². The second-order valence-corrected chi connectivity index (χ2v) is 6.69. The minimum absolute atomic E-state index is 0.270. The van der Waals surface area contributed by atoms with E-state index in [0.717, 1.165) is 48.8 Å². The zero-order valence-electron chi connectivity index (χ0n) is 14.9. The number of benzene rings is 2. The van der Waals surface area contributed by atoms with Crippen molar-refractivity contribution >= 4 is 5.91 Å². The lowest BCUT2D eigenvalue weighted by Gasteiger charge is -2.20. The number of aromatic nitrogens is 2. The lowest BCUT2D eigenvalue weighted by Crippen LogP contribution is -2.29. The van der Waals surface area contributed by atoms with Gasteiger partial charge in [0.2, 0.25) is 0 Å². The summed E-state index contributed by atoms with van der Waals surface area (Å²) in [6, 6.07) is 17.1. The van der Waals surface area contributed by atoms with Gasteiger partial charge in [0.25, 0.3) is 5.91 Å². The number of ether oxygens (including phenoxy) is 1. The van der Waals surface area contributed by atoms with Gasteiger partial charge in [-0.3, -0.25) is 4.79 Å². The number of rotatable bonds is 5. The van der Waals surface area contributed by atoms with E-state index < -0.39 is 5.91 Å². The van der Waals surface area contributed by atoms with Crippen molar-refractivity contribution in [3.8, 4) is 22.8 Å². The van der Waals surface area contributed by atoms with E-state index in [1.54, 1.807) is 0 Å². The first kappa shape index (κ1) is 17.3. The van der Waals surface area contributed by atoms with E-state index >= 15 is 0 Å². The number of nitrogens with one attached hydrogen (secondary N) is 2. The van der Waals surface area contributed by atoms with Crippen LogP contribution in [0.2, 0.25) is 0 Å². The average Bonchev–Trinajstić information content (AvgIpc) is 3.16. The second kappa shape index (κ2) is 7.63. The van der Waals surface area contributed by atoms with Crippen LogP contribution in [0.25, 0.3) is 11.3 Å². The standard InChI is InChI=1S/C21H22N4O2/c22-20(26)19-18(24-21(25-19)15-5-4-12-23-13-15)14-8-10-17(11-9-14)27-16-6-2-1-3-7-16/h1-3,6-11,15,23H,4-5,12-13H2,(H2,22,26)(H,24,25). The molecule has 1 amide bonds. The van der Waals surface area contributed by atoms with Crippen LogP contribution in [0.5, 0.6) is 11.5 Å². The number of imidazole rings is 1. The van der Waals surface area contributed by atoms with Gasteiger partial charge in [-0.25, -0.2) is 4.98 Å². The minimum Gasteiger partial charge on any atom is -0.457 e. The highest BCUT2D eigenvalue weighted by Gasteiger charge is 2.23. The van der Waals surface area contributed by atoms with Crippen molar-refractivity contribution in [1.29, 1.82) is 0 Å². The molecule has 1 fully saturated rings. The Balaban J connectivity index is 1.60. The Hall–Kier alpha value is -3.12. The van der Waals surface area contributed by atoms with E-state index in [-0.39, 0.29) is 5.92 Å². The first-order valence-electron chi connectivity index (χ1n) is 9.14. The Morgan fingerprint density at radius 2 is 1.81 bits per heavy atom. The third kappa shape index (κ3) is 3.85. The van der Waals surface area contributed by atoms with Crippen LogP contribution in [0, 0.1) is 0 Å². The van der Waals surface area contributed by atoms with Crippen LogP contribution in [0.1, 0.15) is 35.1 Å². The molecule has 4 rings (SSSR count). The fourth-order valence-corrected chi connectivity index (χ4v) is 3.36. The van der Waals surface area contributed by atoms with Crippen LogP contribution in [0.4, 0.5) is 0 Å². The number of H-pyrrole nitrogens is 1. The number of piperidine rings is 1. The third-order valence-electron chi connectivity index (χ3n) is 4.76. The number of aromatic amines is 1. The van der Waals surface area contributed by atoms with Crippen molar-refractivity contribution in [1.82, 2.24) is 15.3 Å². The van der Waals surface area contributed by atoms with Gasteiger partial charge in [0, 0.05) is 18.0 Å². The maximum atomic E-state index is 11.9. The zero-order valence-corrected chi connectivity index (χ0v) is 14.9. The van der Waals surface area contributed by atoms with E-state index in [9.17, 15) is 4.79 Å². The maximum Gasteiger partial charge on any atom is 0.267 e. The number of para-hydroxylation sites is 1. The highest BCUT2D eigenvalue weighted by molar-refractivity contribution is 5.97. The average molecular weight is 362 g/mol. The first-order chi connectivity index (χ1) is 13.2. The smallest absolute Gasteiger partial charge is 0.267 e. The van der Waals surface area contributed by atoms with Gasteiger partial charge in [0.05, 0.1) is 0 Å². The molecule has 1 aliphatic heterocycles. The van der Waals surface area contributed by atoms with E-state index in [1.165, 1.54) is 0 Å².